The lowest BCUT2D eigenvalue weighted by atomic mass is 9.94. The quantitative estimate of drug-likeness (QED) is 0.110. The average molecular weight is 655 g/mol. The number of sulfonamides is 1. The van der Waals surface area contributed by atoms with Crippen molar-refractivity contribution < 1.29 is 31.7 Å². The highest BCUT2D eigenvalue weighted by molar-refractivity contribution is 7.89. The molecule has 0 radical (unpaired) electrons. The van der Waals surface area contributed by atoms with Gasteiger partial charge < -0.3 is 4.74 Å². The molecular formula is C37H37FN3O5S+. The van der Waals surface area contributed by atoms with Gasteiger partial charge in [-0.15, -0.1) is 0 Å². The second kappa shape index (κ2) is 13.5. The molecular weight excluding hydrogens is 617 g/mol. The summed E-state index contributed by atoms with van der Waals surface area (Å²) in [5.41, 5.74) is 3.55. The van der Waals surface area contributed by atoms with Crippen molar-refractivity contribution in [2.24, 2.45) is 16.2 Å². The van der Waals surface area contributed by atoms with E-state index in [0.717, 1.165) is 6.42 Å². The van der Waals surface area contributed by atoms with Gasteiger partial charge in [0.2, 0.25) is 10.0 Å². The van der Waals surface area contributed by atoms with Gasteiger partial charge in [0.05, 0.1) is 11.9 Å². The van der Waals surface area contributed by atoms with E-state index in [4.69, 9.17) is 15.0 Å². The molecule has 0 amide bonds. The fraction of sp³-hybridized carbons (Fsp3) is 0.216. The van der Waals surface area contributed by atoms with Crippen LogP contribution in [0.2, 0.25) is 0 Å². The van der Waals surface area contributed by atoms with E-state index in [-0.39, 0.29) is 44.5 Å². The van der Waals surface area contributed by atoms with Gasteiger partial charge in [0.25, 0.3) is 0 Å². The van der Waals surface area contributed by atoms with Crippen molar-refractivity contribution in [2.75, 3.05) is 13.6 Å². The molecule has 1 atom stereocenters. The molecule has 0 aromatic heterocycles. The smallest absolute Gasteiger partial charge is 0.346 e. The molecule has 1 aliphatic rings. The Morgan fingerprint density at radius 1 is 0.894 bits per heavy atom. The molecule has 4 aromatic carbocycles. The van der Waals surface area contributed by atoms with Crippen molar-refractivity contribution >= 4 is 33.2 Å². The van der Waals surface area contributed by atoms with Crippen molar-refractivity contribution in [1.29, 1.82) is 0 Å². The summed E-state index contributed by atoms with van der Waals surface area (Å²) in [5, 5.41) is 10.4. The lowest BCUT2D eigenvalue weighted by Gasteiger charge is -2.26. The molecule has 2 N–H and O–H groups in total. The largest absolute Gasteiger partial charge is 0.457 e. The number of quaternary nitrogens is 1. The van der Waals surface area contributed by atoms with Crippen LogP contribution in [-0.4, -0.2) is 44.1 Å². The van der Waals surface area contributed by atoms with Gasteiger partial charge in [-0.1, -0.05) is 98.7 Å². The third-order valence-electron chi connectivity index (χ3n) is 8.03. The lowest BCUT2D eigenvalue weighted by Crippen LogP contribution is -2.36. The molecule has 242 valence electrons. The van der Waals surface area contributed by atoms with Crippen LogP contribution in [0.4, 0.5) is 4.39 Å². The number of esters is 1. The molecule has 10 heteroatoms. The van der Waals surface area contributed by atoms with Gasteiger partial charge in [0.1, 0.15) is 24.7 Å². The molecule has 0 bridgehead atoms. The molecule has 1 unspecified atom stereocenters. The molecule has 0 aliphatic carbocycles. The summed E-state index contributed by atoms with van der Waals surface area (Å²) in [4.78, 5) is 26.8. The second-order valence-electron chi connectivity index (χ2n) is 11.9. The number of hydrogen-bond acceptors (Lipinski definition) is 6. The molecule has 8 nitrogen and oxygen atoms in total. The Bertz CT molecular complexity index is 2020. The summed E-state index contributed by atoms with van der Waals surface area (Å²) in [7, 11) is -2.25. The monoisotopic (exact) mass is 654 g/mol. The van der Waals surface area contributed by atoms with E-state index >= 15 is 4.39 Å². The third kappa shape index (κ3) is 7.00. The van der Waals surface area contributed by atoms with Gasteiger partial charge in [-0.2, -0.15) is 4.59 Å². The first-order valence-electron chi connectivity index (χ1n) is 15.3. The van der Waals surface area contributed by atoms with Crippen LogP contribution in [0, 0.1) is 11.7 Å². The zero-order valence-electron chi connectivity index (χ0n) is 26.7. The Hall–Kier alpha value is -4.77. The minimum Gasteiger partial charge on any atom is -0.457 e. The molecule has 0 fully saturated rings. The highest BCUT2D eigenvalue weighted by Gasteiger charge is 2.45. The summed E-state index contributed by atoms with van der Waals surface area (Å²) in [5.74, 6) is -1.59. The van der Waals surface area contributed by atoms with Crippen LogP contribution in [0.25, 0.3) is 16.8 Å². The van der Waals surface area contributed by atoms with Crippen LogP contribution in [0.1, 0.15) is 54.2 Å². The number of carbonyl (C=O) groups is 2. The van der Waals surface area contributed by atoms with Crippen LogP contribution < -0.4 is 5.14 Å². The second-order valence-corrected chi connectivity index (χ2v) is 13.5. The third-order valence-corrected chi connectivity index (χ3v) is 9.00. The Balaban J connectivity index is 1.53. The summed E-state index contributed by atoms with van der Waals surface area (Å²) in [6, 6.07) is 26.3. The number of benzene rings is 4. The van der Waals surface area contributed by atoms with E-state index in [0.29, 0.717) is 40.2 Å². The van der Waals surface area contributed by atoms with Crippen molar-refractivity contribution in [1.82, 2.24) is 0 Å². The summed E-state index contributed by atoms with van der Waals surface area (Å²) in [6.45, 7) is 6.30. The fourth-order valence-electron chi connectivity index (χ4n) is 5.92. The number of ether oxygens (including phenoxy) is 1. The van der Waals surface area contributed by atoms with Crippen LogP contribution in [0.3, 0.4) is 0 Å². The van der Waals surface area contributed by atoms with Crippen molar-refractivity contribution in [2.45, 2.75) is 38.7 Å². The number of nitrogens with zero attached hydrogens (tertiary/aromatic N) is 2. The van der Waals surface area contributed by atoms with Crippen LogP contribution in [0.5, 0.6) is 0 Å². The maximum absolute atomic E-state index is 15.9. The molecule has 1 aliphatic heterocycles. The maximum Gasteiger partial charge on any atom is 0.346 e. The number of hydrogen-bond donors (Lipinski definition) is 1. The predicted octanol–water partition coefficient (Wildman–Crippen LogP) is 6.71. The van der Waals surface area contributed by atoms with Gasteiger partial charge in [-0.05, 0) is 36.2 Å². The molecule has 4 aromatic rings. The number of carbonyl (C=O) groups excluding carboxylic acids is 2. The zero-order chi connectivity index (χ0) is 33.9. The SMILES string of the molecule is CCC[N+]1(C)N=C(C(C)C)C(C(=O)OCc2cccc(C(=O)c3ccccc3)c2)=C1c1ccc(-c2ccccc2S(N)(=O)=O)c(F)c1. The van der Waals surface area contributed by atoms with E-state index in [9.17, 15) is 18.0 Å². The summed E-state index contributed by atoms with van der Waals surface area (Å²) in [6.07, 6.45) is 0.724. The number of rotatable bonds is 11. The van der Waals surface area contributed by atoms with Crippen molar-refractivity contribution in [3.63, 3.8) is 0 Å². The minimum absolute atomic E-state index is 0.00205. The Labute approximate surface area is 274 Å². The van der Waals surface area contributed by atoms with Gasteiger partial charge in [-0.3, -0.25) is 4.79 Å². The Morgan fingerprint density at radius 3 is 2.23 bits per heavy atom. The molecule has 0 saturated carbocycles. The van der Waals surface area contributed by atoms with Crippen molar-refractivity contribution in [3.8, 4) is 11.1 Å². The van der Waals surface area contributed by atoms with E-state index in [2.05, 4.69) is 0 Å². The zero-order valence-corrected chi connectivity index (χ0v) is 27.6. The standard InChI is InChI=1S/C37H37FN3O5S/c1-5-20-41(4)35(27-18-19-29(31(38)22-27)30-16-9-10-17-32(30)47(39,44)45)33(34(40-41)24(2)3)37(43)46-23-25-12-11-15-28(21-25)36(42)26-13-7-6-8-14-26/h6-19,21-22,24H,5,20,23H2,1-4H3,(H2,39,44,45)/q+1. The maximum atomic E-state index is 15.9. The molecule has 1 heterocycles. The van der Waals surface area contributed by atoms with Gasteiger partial charge in [0, 0.05) is 33.7 Å². The van der Waals surface area contributed by atoms with E-state index in [1.54, 1.807) is 60.7 Å². The van der Waals surface area contributed by atoms with E-state index < -0.39 is 21.8 Å². The van der Waals surface area contributed by atoms with Gasteiger partial charge in [0.15, 0.2) is 17.1 Å². The molecule has 0 spiro atoms. The van der Waals surface area contributed by atoms with Gasteiger partial charge in [-0.25, -0.2) is 22.7 Å². The summed E-state index contributed by atoms with van der Waals surface area (Å²) >= 11 is 0. The Morgan fingerprint density at radius 2 is 1.57 bits per heavy atom. The summed E-state index contributed by atoms with van der Waals surface area (Å²) < 4.78 is 46.3. The van der Waals surface area contributed by atoms with Crippen LogP contribution in [0.15, 0.2) is 113 Å². The molecule has 0 saturated heterocycles. The first-order chi connectivity index (χ1) is 22.3. The van der Waals surface area contributed by atoms with Gasteiger partial charge >= 0.3 is 5.97 Å². The molecule has 47 heavy (non-hydrogen) atoms. The Kier molecular flexibility index (Phi) is 9.67. The van der Waals surface area contributed by atoms with E-state index in [1.165, 1.54) is 30.3 Å². The first kappa shape index (κ1) is 33.6. The van der Waals surface area contributed by atoms with Crippen molar-refractivity contribution in [3.05, 3.63) is 131 Å². The normalized spacial score (nSPS) is 16.4. The highest BCUT2D eigenvalue weighted by Crippen LogP contribution is 2.40. The number of halogens is 1. The van der Waals surface area contributed by atoms with E-state index in [1.807, 2.05) is 33.9 Å². The topological polar surface area (TPSA) is 116 Å². The highest BCUT2D eigenvalue weighted by atomic mass is 32.2. The number of nitrogens with two attached hydrogens (primary N) is 1. The molecule has 5 rings (SSSR count). The fourth-order valence-corrected chi connectivity index (χ4v) is 6.68. The number of ketones is 1. The average Bonchev–Trinajstić information content (AvgIpc) is 3.36. The lowest BCUT2D eigenvalue weighted by molar-refractivity contribution is -0.844. The number of primary sulfonamides is 1. The van der Waals surface area contributed by atoms with Crippen LogP contribution in [-0.2, 0) is 26.2 Å². The first-order valence-corrected chi connectivity index (χ1v) is 16.9. The van der Waals surface area contributed by atoms with Crippen LogP contribution >= 0.6 is 0 Å². The predicted molar refractivity (Wildman–Crippen MR) is 180 cm³/mol. The minimum atomic E-state index is -4.12.